The van der Waals surface area contributed by atoms with Crippen LogP contribution < -0.4 is 23.1 Å². The fourth-order valence-corrected chi connectivity index (χ4v) is 2.53. The topological polar surface area (TPSA) is 113 Å². The van der Waals surface area contributed by atoms with E-state index in [-0.39, 0.29) is 0 Å². The van der Waals surface area contributed by atoms with Crippen molar-refractivity contribution in [3.8, 4) is 23.7 Å². The lowest BCUT2D eigenvalue weighted by atomic mass is 10.0. The highest BCUT2D eigenvalue weighted by molar-refractivity contribution is 5.65. The van der Waals surface area contributed by atoms with E-state index in [4.69, 9.17) is 27.9 Å². The van der Waals surface area contributed by atoms with Gasteiger partial charge in [0.15, 0.2) is 6.10 Å². The normalized spacial score (nSPS) is 10.9. The molecule has 3 aromatic rings. The Kier molecular flexibility index (Phi) is 5.84. The van der Waals surface area contributed by atoms with Crippen LogP contribution in [-0.2, 0) is 4.84 Å². The summed E-state index contributed by atoms with van der Waals surface area (Å²) < 4.78 is 0. The minimum Gasteiger partial charge on any atom is -0.399 e. The first-order valence-corrected chi connectivity index (χ1v) is 8.55. The standard InChI is InChI=1S/C23H20N4O/c24-19-11-6-16(7-12-19)5-10-18-3-1-2-4-20(18)23(28-27)14-9-17-8-13-21(25)22(26)15-17/h1-4,6-8,11-13,15,23H,24-27H2. The van der Waals surface area contributed by atoms with Gasteiger partial charge in [0, 0.05) is 27.9 Å². The van der Waals surface area contributed by atoms with E-state index in [0.29, 0.717) is 17.1 Å². The molecule has 0 radical (unpaired) electrons. The van der Waals surface area contributed by atoms with Crippen molar-refractivity contribution in [1.82, 2.24) is 0 Å². The molecule has 138 valence electrons. The molecule has 0 saturated heterocycles. The van der Waals surface area contributed by atoms with Crippen LogP contribution in [-0.4, -0.2) is 0 Å². The first kappa shape index (κ1) is 18.9. The van der Waals surface area contributed by atoms with E-state index in [1.54, 1.807) is 18.2 Å². The predicted molar refractivity (Wildman–Crippen MR) is 113 cm³/mol. The first-order valence-electron chi connectivity index (χ1n) is 8.55. The van der Waals surface area contributed by atoms with Gasteiger partial charge in [-0.05, 0) is 48.5 Å². The lowest BCUT2D eigenvalue weighted by Crippen LogP contribution is -2.09. The molecule has 0 spiro atoms. The number of benzene rings is 3. The fraction of sp³-hybridized carbons (Fsp3) is 0.0435. The van der Waals surface area contributed by atoms with E-state index in [1.807, 2.05) is 48.5 Å². The Balaban J connectivity index is 1.91. The van der Waals surface area contributed by atoms with Gasteiger partial charge in [-0.3, -0.25) is 4.84 Å². The van der Waals surface area contributed by atoms with E-state index in [2.05, 4.69) is 23.7 Å². The van der Waals surface area contributed by atoms with E-state index >= 15 is 0 Å². The van der Waals surface area contributed by atoms with E-state index in [9.17, 15) is 0 Å². The van der Waals surface area contributed by atoms with Gasteiger partial charge in [0.25, 0.3) is 0 Å². The summed E-state index contributed by atoms with van der Waals surface area (Å²) in [7, 11) is 0. The highest BCUT2D eigenvalue weighted by atomic mass is 16.6. The van der Waals surface area contributed by atoms with Crippen LogP contribution in [0.3, 0.4) is 0 Å². The summed E-state index contributed by atoms with van der Waals surface area (Å²) in [6.45, 7) is 0. The molecule has 0 aliphatic heterocycles. The van der Waals surface area contributed by atoms with Crippen LogP contribution >= 0.6 is 0 Å². The minimum absolute atomic E-state index is 0.479. The summed E-state index contributed by atoms with van der Waals surface area (Å²) >= 11 is 0. The van der Waals surface area contributed by atoms with Gasteiger partial charge in [-0.1, -0.05) is 41.9 Å². The molecule has 8 N–H and O–H groups in total. The van der Waals surface area contributed by atoms with Gasteiger partial charge in [-0.2, -0.15) is 0 Å². The zero-order valence-electron chi connectivity index (χ0n) is 15.1. The molecule has 28 heavy (non-hydrogen) atoms. The van der Waals surface area contributed by atoms with Crippen LogP contribution in [0.4, 0.5) is 17.1 Å². The number of hydrogen-bond donors (Lipinski definition) is 4. The third kappa shape index (κ3) is 4.63. The Bertz CT molecular complexity index is 1100. The van der Waals surface area contributed by atoms with Crippen molar-refractivity contribution >= 4 is 17.1 Å². The van der Waals surface area contributed by atoms with Gasteiger partial charge in [0.2, 0.25) is 0 Å². The van der Waals surface area contributed by atoms with E-state index in [1.165, 1.54) is 0 Å². The molecule has 1 unspecified atom stereocenters. The van der Waals surface area contributed by atoms with E-state index < -0.39 is 6.10 Å². The van der Waals surface area contributed by atoms with Gasteiger partial charge in [0.1, 0.15) is 0 Å². The maximum atomic E-state index is 5.82. The molecule has 0 saturated carbocycles. The van der Waals surface area contributed by atoms with Crippen LogP contribution in [0.5, 0.6) is 0 Å². The molecule has 0 aliphatic rings. The number of hydrogen-bond acceptors (Lipinski definition) is 5. The van der Waals surface area contributed by atoms with Crippen molar-refractivity contribution in [2.24, 2.45) is 5.90 Å². The summed E-state index contributed by atoms with van der Waals surface area (Å²) in [4.78, 5) is 5.11. The maximum absolute atomic E-state index is 5.82. The van der Waals surface area contributed by atoms with Gasteiger partial charge < -0.3 is 17.2 Å². The first-order chi connectivity index (χ1) is 13.6. The zero-order chi connectivity index (χ0) is 19.9. The van der Waals surface area contributed by atoms with Gasteiger partial charge >= 0.3 is 0 Å². The largest absolute Gasteiger partial charge is 0.399 e. The lowest BCUT2D eigenvalue weighted by molar-refractivity contribution is 0.0932. The van der Waals surface area contributed by atoms with Crippen molar-refractivity contribution < 1.29 is 4.84 Å². The van der Waals surface area contributed by atoms with Gasteiger partial charge in [-0.15, -0.1) is 0 Å². The van der Waals surface area contributed by atoms with Crippen LogP contribution in [0.1, 0.15) is 28.4 Å². The van der Waals surface area contributed by atoms with E-state index in [0.717, 1.165) is 22.3 Å². The monoisotopic (exact) mass is 368 g/mol. The Morgan fingerprint density at radius 2 is 1.43 bits per heavy atom. The molecule has 1 atom stereocenters. The molecule has 5 nitrogen and oxygen atoms in total. The van der Waals surface area contributed by atoms with Crippen molar-refractivity contribution in [3.63, 3.8) is 0 Å². The Labute approximate surface area is 164 Å². The third-order valence-electron chi connectivity index (χ3n) is 4.07. The quantitative estimate of drug-likeness (QED) is 0.316. The minimum atomic E-state index is -0.643. The lowest BCUT2D eigenvalue weighted by Gasteiger charge is -2.10. The smallest absolute Gasteiger partial charge is 0.165 e. The molecule has 0 aromatic heterocycles. The number of nitrogens with two attached hydrogens (primary N) is 4. The average Bonchev–Trinajstić information content (AvgIpc) is 2.71. The van der Waals surface area contributed by atoms with Gasteiger partial charge in [-0.25, -0.2) is 5.90 Å². The zero-order valence-corrected chi connectivity index (χ0v) is 15.1. The summed E-state index contributed by atoms with van der Waals surface area (Å²) in [5.74, 6) is 17.8. The summed E-state index contributed by atoms with van der Waals surface area (Å²) in [5, 5.41) is 0. The number of rotatable bonds is 2. The number of anilines is 3. The fourth-order valence-electron chi connectivity index (χ4n) is 2.53. The molecular formula is C23H20N4O. The van der Waals surface area contributed by atoms with Crippen molar-refractivity contribution in [1.29, 1.82) is 0 Å². The molecular weight excluding hydrogens is 348 g/mol. The molecule has 0 amide bonds. The van der Waals surface area contributed by atoms with Crippen molar-refractivity contribution in [2.75, 3.05) is 17.2 Å². The number of nitrogen functional groups attached to an aromatic ring is 3. The molecule has 3 aromatic carbocycles. The third-order valence-corrected chi connectivity index (χ3v) is 4.07. The van der Waals surface area contributed by atoms with Crippen LogP contribution in [0, 0.1) is 23.7 Å². The summed E-state index contributed by atoms with van der Waals surface area (Å²) in [6, 6.07) is 20.1. The highest BCUT2D eigenvalue weighted by Gasteiger charge is 2.11. The second-order valence-corrected chi connectivity index (χ2v) is 6.09. The second-order valence-electron chi connectivity index (χ2n) is 6.09. The summed E-state index contributed by atoms with van der Waals surface area (Å²) in [5.41, 5.74) is 22.1. The van der Waals surface area contributed by atoms with Crippen LogP contribution in [0.2, 0.25) is 0 Å². The molecule has 5 heteroatoms. The molecule has 0 bridgehead atoms. The van der Waals surface area contributed by atoms with Gasteiger partial charge in [0.05, 0.1) is 11.4 Å². The van der Waals surface area contributed by atoms with Crippen LogP contribution in [0.15, 0.2) is 66.7 Å². The maximum Gasteiger partial charge on any atom is 0.165 e. The predicted octanol–water partition coefficient (Wildman–Crippen LogP) is 2.82. The molecule has 0 heterocycles. The Morgan fingerprint density at radius 1 is 0.714 bits per heavy atom. The average molecular weight is 368 g/mol. The molecule has 0 fully saturated rings. The summed E-state index contributed by atoms with van der Waals surface area (Å²) in [6.07, 6.45) is -0.643. The SMILES string of the molecule is NOC(C#Cc1ccc(N)c(N)c1)c1ccccc1C#Cc1ccc(N)cc1. The Morgan fingerprint density at radius 3 is 2.14 bits per heavy atom. The van der Waals surface area contributed by atoms with Crippen molar-refractivity contribution in [3.05, 3.63) is 89.0 Å². The molecule has 3 rings (SSSR count). The highest BCUT2D eigenvalue weighted by Crippen LogP contribution is 2.20. The van der Waals surface area contributed by atoms with Crippen molar-refractivity contribution in [2.45, 2.75) is 6.10 Å². The Hall–Kier alpha value is -3.90. The second kappa shape index (κ2) is 8.66. The van der Waals surface area contributed by atoms with Crippen LogP contribution in [0.25, 0.3) is 0 Å². The molecule has 0 aliphatic carbocycles.